The number of sulfone groups is 1. The average Bonchev–Trinajstić information content (AvgIpc) is 4.47. The van der Waals surface area contributed by atoms with Crippen molar-refractivity contribution in [2.75, 3.05) is 26.6 Å². The van der Waals surface area contributed by atoms with E-state index in [1.54, 1.807) is 19.1 Å². The molecule has 6 amide bonds. The van der Waals surface area contributed by atoms with Gasteiger partial charge in [-0.25, -0.2) is 8.42 Å². The van der Waals surface area contributed by atoms with Crippen LogP contribution in [0, 0.1) is 12.8 Å². The first-order chi connectivity index (χ1) is 37.8. The van der Waals surface area contributed by atoms with Gasteiger partial charge >= 0.3 is 0 Å². The zero-order valence-electron chi connectivity index (χ0n) is 47.9. The van der Waals surface area contributed by atoms with Gasteiger partial charge in [0, 0.05) is 19.1 Å². The van der Waals surface area contributed by atoms with E-state index in [0.29, 0.717) is 36.1 Å². The van der Waals surface area contributed by atoms with E-state index >= 15 is 0 Å². The first-order valence-corrected chi connectivity index (χ1v) is 29.3. The van der Waals surface area contributed by atoms with E-state index in [1.807, 2.05) is 37.3 Å². The molecule has 0 aromatic heterocycles. The minimum atomic E-state index is -3.55. The third-order valence-electron chi connectivity index (χ3n) is 14.7. The number of rotatable bonds is 29. The molecule has 2 aliphatic heterocycles. The zero-order valence-corrected chi connectivity index (χ0v) is 48.8. The number of carbonyl (C=O) groups excluding carboxylic acids is 8. The van der Waals surface area contributed by atoms with Crippen LogP contribution >= 0.6 is 0 Å². The summed E-state index contributed by atoms with van der Waals surface area (Å²) in [5, 5.41) is 36.8. The van der Waals surface area contributed by atoms with Crippen molar-refractivity contribution in [2.24, 2.45) is 5.92 Å². The summed E-state index contributed by atoms with van der Waals surface area (Å²) in [5.74, 6) is -4.33. The molecular weight excluding hydrogens is 1060 g/mol. The van der Waals surface area contributed by atoms with Gasteiger partial charge in [0.05, 0.1) is 61.3 Å². The SMILES string of the molecule is COc1ccc(CC(NC(=O)C(C)NC(=O)CC(C)(C)O)C(=O)NC(Cc2ccc(C)cc2)C(=O)C2CO2)cc1C1CCC(CC(NC(=O)C(Cc2ccc(S(C)(=O)=O)cc2)NC(=O)C(C)NC(=O)CC(C)(C)O)C(=O)C2(C)CO2)C1. The van der Waals surface area contributed by atoms with Gasteiger partial charge in [-0.3, -0.25) is 38.4 Å². The molecule has 3 fully saturated rings. The number of methoxy groups -OCH3 is 1. The van der Waals surface area contributed by atoms with Gasteiger partial charge in [0.1, 0.15) is 41.6 Å². The number of hydrogen-bond donors (Lipinski definition) is 8. The van der Waals surface area contributed by atoms with Crippen LogP contribution in [-0.4, -0.2) is 151 Å². The maximum atomic E-state index is 14.5. The molecule has 22 heteroatoms. The summed E-state index contributed by atoms with van der Waals surface area (Å²) in [6.45, 7) is 12.6. The molecule has 81 heavy (non-hydrogen) atoms. The second-order valence-electron chi connectivity index (χ2n) is 23.6. The van der Waals surface area contributed by atoms with Crippen molar-refractivity contribution in [1.29, 1.82) is 0 Å². The van der Waals surface area contributed by atoms with Crippen molar-refractivity contribution in [3.63, 3.8) is 0 Å². The molecule has 442 valence electrons. The van der Waals surface area contributed by atoms with Crippen molar-refractivity contribution in [3.8, 4) is 5.75 Å². The molecule has 10 unspecified atom stereocenters. The third-order valence-corrected chi connectivity index (χ3v) is 15.8. The molecule has 1 saturated carbocycles. The molecule has 10 atom stereocenters. The fraction of sp³-hybridized carbons (Fsp3) is 0.559. The van der Waals surface area contributed by atoms with Crippen LogP contribution in [0.2, 0.25) is 0 Å². The number of ketones is 2. The Hall–Kier alpha value is -6.59. The molecule has 8 N–H and O–H groups in total. The molecule has 1 aliphatic carbocycles. The smallest absolute Gasteiger partial charge is 0.243 e. The summed E-state index contributed by atoms with van der Waals surface area (Å²) in [6.07, 6.45) is 1.82. The molecule has 3 aromatic carbocycles. The lowest BCUT2D eigenvalue weighted by atomic mass is 9.88. The highest BCUT2D eigenvalue weighted by Crippen LogP contribution is 2.44. The highest BCUT2D eigenvalue weighted by molar-refractivity contribution is 7.90. The molecule has 2 heterocycles. The number of nitrogens with one attached hydrogen (secondary N) is 6. The van der Waals surface area contributed by atoms with Crippen LogP contribution in [0.4, 0.5) is 0 Å². The van der Waals surface area contributed by atoms with Gasteiger partial charge < -0.3 is 56.3 Å². The molecule has 3 aromatic rings. The first-order valence-electron chi connectivity index (χ1n) is 27.4. The Bertz CT molecular complexity index is 2910. The van der Waals surface area contributed by atoms with E-state index in [2.05, 4.69) is 31.9 Å². The van der Waals surface area contributed by atoms with E-state index in [9.17, 15) is 57.0 Å². The van der Waals surface area contributed by atoms with Crippen LogP contribution < -0.4 is 36.6 Å². The van der Waals surface area contributed by atoms with Gasteiger partial charge in [-0.1, -0.05) is 54.1 Å². The van der Waals surface area contributed by atoms with Gasteiger partial charge in [-0.15, -0.1) is 0 Å². The number of benzene rings is 3. The molecular formula is C59H80N6O15S. The lowest BCUT2D eigenvalue weighted by molar-refractivity contribution is -0.134. The number of amides is 6. The average molecular weight is 1150 g/mol. The minimum Gasteiger partial charge on any atom is -0.496 e. The molecule has 21 nitrogen and oxygen atoms in total. The van der Waals surface area contributed by atoms with E-state index in [-0.39, 0.29) is 80.0 Å². The van der Waals surface area contributed by atoms with Crippen LogP contribution in [0.25, 0.3) is 0 Å². The minimum absolute atomic E-state index is 0.0485. The Morgan fingerprint density at radius 3 is 1.60 bits per heavy atom. The number of aryl methyl sites for hydroxylation is 1. The Balaban J connectivity index is 1.22. The zero-order chi connectivity index (χ0) is 59.8. The highest BCUT2D eigenvalue weighted by atomic mass is 32.2. The third kappa shape index (κ3) is 19.3. The van der Waals surface area contributed by atoms with Crippen molar-refractivity contribution < 1.29 is 71.2 Å². The Kier molecular flexibility index (Phi) is 20.8. The molecule has 6 rings (SSSR count). The standard InChI is InChI=1S/C59H80N6O15S/c1-33-11-13-36(14-12-33)25-43(51(68)48-31-79-48)62-55(72)46(65-54(71)35(3)61-50(67)30-58(6,7)75)28-39-18-22-47(78-9)42(24-39)40-19-15-38(23-40)27-44(52(69)59(8)32-80-59)63-56(73)45(26-37-16-20-41(21-17-37)81(10,76)77)64-53(70)34(2)60-49(66)29-57(4,5)74/h11-14,16-18,20-22,24,34-35,38,40,43-46,48,74-75H,15,19,23,25-32H2,1-10H3,(H,60,66)(H,61,67)(H,62,72)(H,63,73)(H,64,70)(H,65,71). The lowest BCUT2D eigenvalue weighted by Gasteiger charge is -2.27. The van der Waals surface area contributed by atoms with Crippen LogP contribution in [0.15, 0.2) is 71.6 Å². The number of Topliss-reactive ketones (excluding diaryl/α,β-unsaturated/α-hetero) is 2. The van der Waals surface area contributed by atoms with E-state index in [4.69, 9.17) is 14.2 Å². The lowest BCUT2D eigenvalue weighted by Crippen LogP contribution is -2.57. The quantitative estimate of drug-likeness (QED) is 0.0463. The topological polar surface area (TPSA) is 318 Å². The molecule has 3 aliphatic rings. The summed E-state index contributed by atoms with van der Waals surface area (Å²) < 4.78 is 41.2. The van der Waals surface area contributed by atoms with Gasteiger partial charge in [0.25, 0.3) is 0 Å². The summed E-state index contributed by atoms with van der Waals surface area (Å²) in [6, 6.07) is 11.9. The second kappa shape index (κ2) is 26.5. The molecule has 0 radical (unpaired) electrons. The van der Waals surface area contributed by atoms with Gasteiger partial charge in [-0.2, -0.15) is 0 Å². The van der Waals surface area contributed by atoms with Crippen molar-refractivity contribution in [1.82, 2.24) is 31.9 Å². The molecule has 0 spiro atoms. The summed E-state index contributed by atoms with van der Waals surface area (Å²) in [5.41, 5.74) is -0.122. The first kappa shape index (κ1) is 63.6. The van der Waals surface area contributed by atoms with Gasteiger partial charge in [0.15, 0.2) is 21.4 Å². The van der Waals surface area contributed by atoms with Crippen LogP contribution in [0.1, 0.15) is 121 Å². The normalized spacial score (nSPS) is 20.9. The van der Waals surface area contributed by atoms with E-state index < -0.39 is 104 Å². The Labute approximate surface area is 474 Å². The molecule has 0 bridgehead atoms. The van der Waals surface area contributed by atoms with Crippen molar-refractivity contribution in [2.45, 2.75) is 183 Å². The van der Waals surface area contributed by atoms with Crippen LogP contribution in [0.3, 0.4) is 0 Å². The maximum Gasteiger partial charge on any atom is 0.243 e. The van der Waals surface area contributed by atoms with Crippen molar-refractivity contribution in [3.05, 3.63) is 94.5 Å². The molecule has 2 saturated heterocycles. The Morgan fingerprint density at radius 2 is 1.14 bits per heavy atom. The number of hydrogen-bond acceptors (Lipinski definition) is 15. The van der Waals surface area contributed by atoms with Crippen LogP contribution in [-0.2, 0) is 76.9 Å². The van der Waals surface area contributed by atoms with E-state index in [1.165, 1.54) is 72.9 Å². The van der Waals surface area contributed by atoms with Gasteiger partial charge in [-0.05, 0) is 140 Å². The van der Waals surface area contributed by atoms with Crippen molar-refractivity contribution >= 4 is 56.8 Å². The summed E-state index contributed by atoms with van der Waals surface area (Å²) in [7, 11) is -2.02. The second-order valence-corrected chi connectivity index (χ2v) is 25.6. The van der Waals surface area contributed by atoms with Gasteiger partial charge in [0.2, 0.25) is 35.4 Å². The number of aliphatic hydroxyl groups is 2. The number of carbonyl (C=O) groups is 8. The van der Waals surface area contributed by atoms with E-state index in [0.717, 1.165) is 22.9 Å². The fourth-order valence-corrected chi connectivity index (χ4v) is 10.6. The highest BCUT2D eigenvalue weighted by Gasteiger charge is 2.51. The number of ether oxygens (including phenoxy) is 3. The number of epoxide rings is 2. The summed E-state index contributed by atoms with van der Waals surface area (Å²) in [4.78, 5) is 110. The largest absolute Gasteiger partial charge is 0.496 e. The van der Waals surface area contributed by atoms with Crippen LogP contribution in [0.5, 0.6) is 5.75 Å². The predicted molar refractivity (Wildman–Crippen MR) is 298 cm³/mol. The monoisotopic (exact) mass is 1140 g/mol. The Morgan fingerprint density at radius 1 is 0.679 bits per heavy atom. The predicted octanol–water partition coefficient (Wildman–Crippen LogP) is 2.31. The fourth-order valence-electron chi connectivity index (χ4n) is 10.0. The maximum absolute atomic E-state index is 14.5. The summed E-state index contributed by atoms with van der Waals surface area (Å²) >= 11 is 0.